The summed E-state index contributed by atoms with van der Waals surface area (Å²) < 4.78 is 25.9. The van der Waals surface area contributed by atoms with Gasteiger partial charge in [-0.25, -0.2) is 13.8 Å². The summed E-state index contributed by atoms with van der Waals surface area (Å²) in [6.07, 6.45) is -1.29. The van der Waals surface area contributed by atoms with E-state index in [2.05, 4.69) is 36.8 Å². The second kappa shape index (κ2) is 4.97. The zero-order chi connectivity index (χ0) is 10.0. The Kier molecular flexibility index (Phi) is 4.50. The van der Waals surface area contributed by atoms with Gasteiger partial charge in [-0.15, -0.1) is 0 Å². The molecule has 0 spiro atoms. The summed E-state index contributed by atoms with van der Waals surface area (Å²) in [7, 11) is 0. The van der Waals surface area contributed by atoms with Gasteiger partial charge in [0.1, 0.15) is 3.70 Å². The highest BCUT2D eigenvalue weighted by atomic mass is 127. The van der Waals surface area contributed by atoms with Crippen molar-refractivity contribution in [1.29, 1.82) is 0 Å². The van der Waals surface area contributed by atoms with Crippen LogP contribution in [0.25, 0.3) is 0 Å². The Labute approximate surface area is 105 Å². The van der Waals surface area contributed by atoms with Crippen LogP contribution in [0.1, 0.15) is 17.6 Å². The van der Waals surface area contributed by atoms with E-state index in [0.29, 0.717) is 9.80 Å². The molecule has 0 amide bonds. The van der Waals surface area contributed by atoms with Crippen molar-refractivity contribution < 1.29 is 8.78 Å². The highest BCUT2D eigenvalue weighted by molar-refractivity contribution is 14.1. The lowest BCUT2D eigenvalue weighted by atomic mass is 10.2. The lowest BCUT2D eigenvalue weighted by Crippen LogP contribution is -1.97. The molecule has 0 N–H and O–H groups in total. The molecule has 1 heterocycles. The number of aromatic nitrogens is 1. The largest absolute Gasteiger partial charge is 0.266 e. The van der Waals surface area contributed by atoms with Gasteiger partial charge < -0.3 is 0 Å². The maximum absolute atomic E-state index is 12.4. The standard InChI is InChI=1S/C7H4Br2F2IN/c8-1-3-5(9)4(6(10)11)2-13-7(3)12/h2,6H,1H2. The Morgan fingerprint density at radius 1 is 1.54 bits per heavy atom. The van der Waals surface area contributed by atoms with Gasteiger partial charge in [0.15, 0.2) is 0 Å². The van der Waals surface area contributed by atoms with Crippen molar-refractivity contribution in [3.8, 4) is 0 Å². The van der Waals surface area contributed by atoms with E-state index in [0.717, 1.165) is 9.26 Å². The monoisotopic (exact) mass is 425 g/mol. The van der Waals surface area contributed by atoms with E-state index in [-0.39, 0.29) is 5.56 Å². The fourth-order valence-corrected chi connectivity index (χ4v) is 3.81. The Bertz CT molecular complexity index is 320. The van der Waals surface area contributed by atoms with Crippen LogP contribution in [-0.2, 0) is 5.33 Å². The molecule has 0 radical (unpaired) electrons. The molecule has 1 aromatic rings. The zero-order valence-corrected chi connectivity index (χ0v) is 11.5. The minimum absolute atomic E-state index is 0.0603. The third-order valence-corrected chi connectivity index (χ3v) is 3.88. The van der Waals surface area contributed by atoms with Gasteiger partial charge in [-0.2, -0.15) is 0 Å². The predicted molar refractivity (Wildman–Crippen MR) is 62.2 cm³/mol. The van der Waals surface area contributed by atoms with Crippen molar-refractivity contribution in [1.82, 2.24) is 4.98 Å². The van der Waals surface area contributed by atoms with E-state index in [9.17, 15) is 8.78 Å². The first-order chi connectivity index (χ1) is 6.07. The summed E-state index contributed by atoms with van der Waals surface area (Å²) in [6.45, 7) is 0. The van der Waals surface area contributed by atoms with Crippen molar-refractivity contribution in [2.24, 2.45) is 0 Å². The number of nitrogens with zero attached hydrogens (tertiary/aromatic N) is 1. The van der Waals surface area contributed by atoms with E-state index in [1.807, 2.05) is 22.6 Å². The maximum Gasteiger partial charge on any atom is 0.266 e. The Hall–Kier alpha value is 0.700. The van der Waals surface area contributed by atoms with E-state index in [1.54, 1.807) is 0 Å². The topological polar surface area (TPSA) is 12.9 Å². The van der Waals surface area contributed by atoms with E-state index in [4.69, 9.17) is 0 Å². The first kappa shape index (κ1) is 11.8. The molecule has 1 aromatic heterocycles. The van der Waals surface area contributed by atoms with Crippen LogP contribution in [-0.4, -0.2) is 4.98 Å². The van der Waals surface area contributed by atoms with E-state index in [1.165, 1.54) is 6.20 Å². The normalized spacial score (nSPS) is 10.9. The SMILES string of the molecule is FC(F)c1cnc(I)c(CBr)c1Br. The van der Waals surface area contributed by atoms with Gasteiger partial charge in [0.2, 0.25) is 0 Å². The smallest absolute Gasteiger partial charge is 0.249 e. The molecule has 0 aliphatic carbocycles. The summed E-state index contributed by atoms with van der Waals surface area (Å²) in [4.78, 5) is 3.88. The fourth-order valence-electron chi connectivity index (χ4n) is 0.792. The van der Waals surface area contributed by atoms with Gasteiger partial charge in [0.05, 0.1) is 5.56 Å². The van der Waals surface area contributed by atoms with Gasteiger partial charge in [0.25, 0.3) is 6.43 Å². The van der Waals surface area contributed by atoms with Gasteiger partial charge in [-0.1, -0.05) is 15.9 Å². The lowest BCUT2D eigenvalue weighted by Gasteiger charge is -2.08. The second-order valence-corrected chi connectivity index (χ2v) is 4.61. The molecule has 6 heteroatoms. The molecule has 0 aliphatic heterocycles. The molecule has 0 aliphatic rings. The minimum atomic E-state index is -2.49. The number of hydrogen-bond donors (Lipinski definition) is 0. The average Bonchev–Trinajstić information content (AvgIpc) is 2.04. The summed E-state index contributed by atoms with van der Waals surface area (Å²) in [5, 5.41) is 0.513. The van der Waals surface area contributed by atoms with Crippen molar-refractivity contribution >= 4 is 54.5 Å². The molecule has 0 saturated heterocycles. The van der Waals surface area contributed by atoms with Crippen molar-refractivity contribution in [3.63, 3.8) is 0 Å². The molecule has 72 valence electrons. The van der Waals surface area contributed by atoms with Crippen LogP contribution in [0.2, 0.25) is 0 Å². The molecule has 13 heavy (non-hydrogen) atoms. The molecule has 0 saturated carbocycles. The van der Waals surface area contributed by atoms with Crippen LogP contribution in [0.3, 0.4) is 0 Å². The van der Waals surface area contributed by atoms with Crippen LogP contribution in [0, 0.1) is 3.70 Å². The first-order valence-corrected chi connectivity index (χ1v) is 6.24. The molecule has 0 aromatic carbocycles. The molecule has 0 unspecified atom stereocenters. The Balaban J connectivity index is 3.27. The van der Waals surface area contributed by atoms with Gasteiger partial charge in [0, 0.05) is 21.6 Å². The number of pyridine rings is 1. The predicted octanol–water partition coefficient (Wildman–Crippen LogP) is 4.28. The second-order valence-electron chi connectivity index (χ2n) is 2.23. The molecule has 0 bridgehead atoms. The summed E-state index contributed by atoms with van der Waals surface area (Å²) in [5.41, 5.74) is 0.702. The van der Waals surface area contributed by atoms with Crippen LogP contribution in [0.5, 0.6) is 0 Å². The van der Waals surface area contributed by atoms with Crippen molar-refractivity contribution in [3.05, 3.63) is 25.5 Å². The number of halogens is 5. The quantitative estimate of drug-likeness (QED) is 0.391. The van der Waals surface area contributed by atoms with E-state index >= 15 is 0 Å². The van der Waals surface area contributed by atoms with Gasteiger partial charge in [-0.3, -0.25) is 0 Å². The summed E-state index contributed by atoms with van der Waals surface area (Å²) in [5.74, 6) is 0. The summed E-state index contributed by atoms with van der Waals surface area (Å²) >= 11 is 8.37. The fraction of sp³-hybridized carbons (Fsp3) is 0.286. The van der Waals surface area contributed by atoms with Crippen molar-refractivity contribution in [2.75, 3.05) is 0 Å². The van der Waals surface area contributed by atoms with Crippen LogP contribution < -0.4 is 0 Å². The molecule has 1 nitrogen and oxygen atoms in total. The molecular weight excluding hydrogens is 423 g/mol. The highest BCUT2D eigenvalue weighted by Crippen LogP contribution is 2.32. The van der Waals surface area contributed by atoms with Crippen LogP contribution >= 0.6 is 54.5 Å². The number of hydrogen-bond acceptors (Lipinski definition) is 1. The number of alkyl halides is 3. The third-order valence-electron chi connectivity index (χ3n) is 1.45. The molecular formula is C7H4Br2F2IN. The highest BCUT2D eigenvalue weighted by Gasteiger charge is 2.16. The lowest BCUT2D eigenvalue weighted by molar-refractivity contribution is 0.150. The van der Waals surface area contributed by atoms with Gasteiger partial charge >= 0.3 is 0 Å². The van der Waals surface area contributed by atoms with Crippen LogP contribution in [0.4, 0.5) is 8.78 Å². The van der Waals surface area contributed by atoms with Crippen molar-refractivity contribution in [2.45, 2.75) is 11.8 Å². The molecule has 0 fully saturated rings. The minimum Gasteiger partial charge on any atom is -0.249 e. The molecule has 1 rings (SSSR count). The summed E-state index contributed by atoms with van der Waals surface area (Å²) in [6, 6.07) is 0. The maximum atomic E-state index is 12.4. The molecule has 0 atom stereocenters. The van der Waals surface area contributed by atoms with Crippen LogP contribution in [0.15, 0.2) is 10.7 Å². The third kappa shape index (κ3) is 2.59. The zero-order valence-electron chi connectivity index (χ0n) is 6.20. The Morgan fingerprint density at radius 2 is 2.15 bits per heavy atom. The van der Waals surface area contributed by atoms with E-state index < -0.39 is 6.43 Å². The number of rotatable bonds is 2. The first-order valence-electron chi connectivity index (χ1n) is 3.24. The average molecular weight is 427 g/mol. The van der Waals surface area contributed by atoms with Gasteiger partial charge in [-0.05, 0) is 38.5 Å². The Morgan fingerprint density at radius 3 is 2.62 bits per heavy atom.